The van der Waals surface area contributed by atoms with Gasteiger partial charge in [0.1, 0.15) is 0 Å². The van der Waals surface area contributed by atoms with Gasteiger partial charge in [-0.3, -0.25) is 0 Å². The molecular formula is C14H29N3O2. The van der Waals surface area contributed by atoms with E-state index in [0.29, 0.717) is 25.7 Å². The lowest BCUT2D eigenvalue weighted by atomic mass is 9.92. The third kappa shape index (κ3) is 5.37. The molecule has 1 aliphatic rings. The molecule has 112 valence electrons. The Bertz CT molecular complexity index is 270. The van der Waals surface area contributed by atoms with Crippen molar-refractivity contribution in [1.29, 1.82) is 0 Å². The van der Waals surface area contributed by atoms with Gasteiger partial charge in [-0.25, -0.2) is 4.79 Å². The largest absolute Gasteiger partial charge is 0.389 e. The van der Waals surface area contributed by atoms with Gasteiger partial charge in [0, 0.05) is 25.7 Å². The molecule has 1 fully saturated rings. The summed E-state index contributed by atoms with van der Waals surface area (Å²) in [5.41, 5.74) is 4.68. The number of primary amides is 1. The Hall–Kier alpha value is -0.810. The number of aliphatic hydroxyl groups is 1. The van der Waals surface area contributed by atoms with Gasteiger partial charge in [0.2, 0.25) is 0 Å². The molecule has 4 N–H and O–H groups in total. The summed E-state index contributed by atoms with van der Waals surface area (Å²) in [6.07, 6.45) is 5.51. The van der Waals surface area contributed by atoms with E-state index in [1.54, 1.807) is 4.90 Å². The molecule has 0 aromatic carbocycles. The minimum absolute atomic E-state index is 0.327. The van der Waals surface area contributed by atoms with Crippen LogP contribution in [0.3, 0.4) is 0 Å². The van der Waals surface area contributed by atoms with Gasteiger partial charge < -0.3 is 21.1 Å². The number of hydrogen-bond acceptors (Lipinski definition) is 3. The van der Waals surface area contributed by atoms with Crippen LogP contribution in [0, 0.1) is 0 Å². The van der Waals surface area contributed by atoms with Crippen molar-refractivity contribution in [2.75, 3.05) is 19.6 Å². The number of rotatable bonds is 7. The van der Waals surface area contributed by atoms with E-state index in [1.165, 1.54) is 0 Å². The highest BCUT2D eigenvalue weighted by atomic mass is 16.3. The molecule has 1 rings (SSSR count). The van der Waals surface area contributed by atoms with Crippen LogP contribution in [0.1, 0.15) is 52.4 Å². The molecule has 19 heavy (non-hydrogen) atoms. The summed E-state index contributed by atoms with van der Waals surface area (Å²) in [6.45, 7) is 6.29. The summed E-state index contributed by atoms with van der Waals surface area (Å²) >= 11 is 0. The van der Waals surface area contributed by atoms with Crippen LogP contribution in [0.15, 0.2) is 0 Å². The second-order valence-corrected chi connectivity index (χ2v) is 5.70. The van der Waals surface area contributed by atoms with Crippen LogP contribution in [-0.2, 0) is 0 Å². The molecule has 2 amide bonds. The van der Waals surface area contributed by atoms with E-state index in [1.807, 2.05) is 0 Å². The van der Waals surface area contributed by atoms with E-state index in [-0.39, 0.29) is 6.03 Å². The lowest BCUT2D eigenvalue weighted by Gasteiger charge is -2.34. The maximum atomic E-state index is 11.0. The third-order valence-corrected chi connectivity index (χ3v) is 3.96. The minimum Gasteiger partial charge on any atom is -0.389 e. The smallest absolute Gasteiger partial charge is 0.314 e. The lowest BCUT2D eigenvalue weighted by molar-refractivity contribution is 0.0173. The Kier molecular flexibility index (Phi) is 6.58. The van der Waals surface area contributed by atoms with Crippen LogP contribution >= 0.6 is 0 Å². The molecule has 1 heterocycles. The topological polar surface area (TPSA) is 78.6 Å². The molecule has 1 saturated heterocycles. The van der Waals surface area contributed by atoms with Crippen molar-refractivity contribution in [1.82, 2.24) is 10.2 Å². The molecule has 0 aliphatic carbocycles. The summed E-state index contributed by atoms with van der Waals surface area (Å²) in [7, 11) is 0. The maximum Gasteiger partial charge on any atom is 0.314 e. The highest BCUT2D eigenvalue weighted by molar-refractivity contribution is 5.72. The van der Waals surface area contributed by atoms with E-state index in [9.17, 15) is 9.90 Å². The monoisotopic (exact) mass is 271 g/mol. The first-order valence-electron chi connectivity index (χ1n) is 7.51. The number of carbonyl (C=O) groups excluding carboxylic acids is 1. The van der Waals surface area contributed by atoms with Gasteiger partial charge in [-0.15, -0.1) is 0 Å². The number of piperidine rings is 1. The van der Waals surface area contributed by atoms with Crippen LogP contribution in [-0.4, -0.2) is 47.3 Å². The normalized spacial score (nSPS) is 17.7. The first kappa shape index (κ1) is 16.2. The van der Waals surface area contributed by atoms with E-state index in [2.05, 4.69) is 19.2 Å². The SMILES string of the molecule is CCCC(O)(CCC)CNC1CCN(C(N)=O)CC1. The first-order chi connectivity index (χ1) is 9.00. The quantitative estimate of drug-likeness (QED) is 0.656. The van der Waals surface area contributed by atoms with E-state index in [0.717, 1.165) is 38.5 Å². The minimum atomic E-state index is -0.579. The number of hydrogen-bond donors (Lipinski definition) is 3. The van der Waals surface area contributed by atoms with Crippen molar-refractivity contribution < 1.29 is 9.90 Å². The Labute approximate surface area is 116 Å². The molecule has 0 bridgehead atoms. The van der Waals surface area contributed by atoms with Crippen molar-refractivity contribution in [3.05, 3.63) is 0 Å². The molecule has 0 spiro atoms. The van der Waals surface area contributed by atoms with Crippen LogP contribution < -0.4 is 11.1 Å². The highest BCUT2D eigenvalue weighted by Gasteiger charge is 2.27. The lowest BCUT2D eigenvalue weighted by Crippen LogP contribution is -2.50. The van der Waals surface area contributed by atoms with Gasteiger partial charge >= 0.3 is 6.03 Å². The molecule has 0 unspecified atom stereocenters. The molecule has 0 radical (unpaired) electrons. The zero-order valence-electron chi connectivity index (χ0n) is 12.3. The fourth-order valence-corrected chi connectivity index (χ4v) is 2.87. The Morgan fingerprint density at radius 1 is 1.32 bits per heavy atom. The van der Waals surface area contributed by atoms with Gasteiger partial charge in [-0.2, -0.15) is 0 Å². The van der Waals surface area contributed by atoms with Crippen molar-refractivity contribution >= 4 is 6.03 Å². The summed E-state index contributed by atoms with van der Waals surface area (Å²) in [5, 5.41) is 14.0. The van der Waals surface area contributed by atoms with Crippen LogP contribution in [0.2, 0.25) is 0 Å². The summed E-state index contributed by atoms with van der Waals surface area (Å²) in [5.74, 6) is 0. The Balaban J connectivity index is 2.34. The molecule has 0 aromatic rings. The Morgan fingerprint density at radius 3 is 2.26 bits per heavy atom. The van der Waals surface area contributed by atoms with Gasteiger partial charge in [-0.05, 0) is 25.7 Å². The van der Waals surface area contributed by atoms with Crippen molar-refractivity contribution in [2.24, 2.45) is 5.73 Å². The molecule has 5 nitrogen and oxygen atoms in total. The number of carbonyl (C=O) groups is 1. The molecule has 0 saturated carbocycles. The number of urea groups is 1. The van der Waals surface area contributed by atoms with Gasteiger partial charge in [0.05, 0.1) is 5.60 Å². The Morgan fingerprint density at radius 2 is 1.84 bits per heavy atom. The van der Waals surface area contributed by atoms with Crippen LogP contribution in [0.5, 0.6) is 0 Å². The predicted octanol–water partition coefficient (Wildman–Crippen LogP) is 1.45. The highest BCUT2D eigenvalue weighted by Crippen LogP contribution is 2.19. The predicted molar refractivity (Wildman–Crippen MR) is 76.9 cm³/mol. The van der Waals surface area contributed by atoms with E-state index >= 15 is 0 Å². The third-order valence-electron chi connectivity index (χ3n) is 3.96. The second kappa shape index (κ2) is 7.70. The number of likely N-dealkylation sites (tertiary alicyclic amines) is 1. The van der Waals surface area contributed by atoms with E-state index in [4.69, 9.17) is 5.73 Å². The van der Waals surface area contributed by atoms with Crippen LogP contribution in [0.25, 0.3) is 0 Å². The molecule has 0 aromatic heterocycles. The van der Waals surface area contributed by atoms with E-state index < -0.39 is 5.60 Å². The maximum absolute atomic E-state index is 11.0. The standard InChI is InChI=1S/C14H29N3O2/c1-3-7-14(19,8-4-2)11-16-12-5-9-17(10-6-12)13(15)18/h12,16,19H,3-11H2,1-2H3,(H2,15,18). The number of nitrogens with one attached hydrogen (secondary N) is 1. The first-order valence-corrected chi connectivity index (χ1v) is 7.51. The van der Waals surface area contributed by atoms with Crippen LogP contribution in [0.4, 0.5) is 4.79 Å². The van der Waals surface area contributed by atoms with Gasteiger partial charge in [-0.1, -0.05) is 26.7 Å². The van der Waals surface area contributed by atoms with Crippen molar-refractivity contribution in [3.8, 4) is 0 Å². The fraction of sp³-hybridized carbons (Fsp3) is 0.929. The summed E-state index contributed by atoms with van der Waals surface area (Å²) < 4.78 is 0. The summed E-state index contributed by atoms with van der Waals surface area (Å²) in [4.78, 5) is 12.7. The average Bonchev–Trinajstić information content (AvgIpc) is 2.37. The molecular weight excluding hydrogens is 242 g/mol. The molecule has 1 aliphatic heterocycles. The second-order valence-electron chi connectivity index (χ2n) is 5.70. The number of nitrogens with zero attached hydrogens (tertiary/aromatic N) is 1. The molecule has 0 atom stereocenters. The van der Waals surface area contributed by atoms with Crippen molar-refractivity contribution in [3.63, 3.8) is 0 Å². The number of amides is 2. The van der Waals surface area contributed by atoms with Crippen molar-refractivity contribution in [2.45, 2.75) is 64.0 Å². The zero-order valence-corrected chi connectivity index (χ0v) is 12.3. The number of nitrogens with two attached hydrogens (primary N) is 1. The summed E-state index contributed by atoms with van der Waals surface area (Å²) in [6, 6.07) is 0.0581. The zero-order chi connectivity index (χ0) is 14.3. The fourth-order valence-electron chi connectivity index (χ4n) is 2.87. The average molecular weight is 271 g/mol. The molecule has 5 heteroatoms. The van der Waals surface area contributed by atoms with Gasteiger partial charge in [0.15, 0.2) is 0 Å². The van der Waals surface area contributed by atoms with Gasteiger partial charge in [0.25, 0.3) is 0 Å².